The van der Waals surface area contributed by atoms with Gasteiger partial charge in [-0.25, -0.2) is 0 Å². The summed E-state index contributed by atoms with van der Waals surface area (Å²) in [6.07, 6.45) is 16.7. The van der Waals surface area contributed by atoms with Crippen LogP contribution in [0.5, 0.6) is 0 Å². The molecule has 4 saturated carbocycles. The average molecular weight is 475 g/mol. The topological polar surface area (TPSA) is 9.23 Å². The third kappa shape index (κ3) is 4.92. The second-order valence-electron chi connectivity index (χ2n) is 15.3. The molecule has 33 heavy (non-hydrogen) atoms. The summed E-state index contributed by atoms with van der Waals surface area (Å²) >= 11 is 0. The van der Waals surface area contributed by atoms with Crippen LogP contribution in [0.2, 0.25) is 19.6 Å². The van der Waals surface area contributed by atoms with Gasteiger partial charge in [-0.2, -0.15) is 0 Å². The van der Waals surface area contributed by atoms with E-state index in [1.54, 1.807) is 0 Å². The monoisotopic (exact) mass is 474 g/mol. The molecule has 2 heteroatoms. The zero-order valence-electron chi connectivity index (χ0n) is 23.9. The van der Waals surface area contributed by atoms with Gasteiger partial charge in [-0.05, 0) is 123 Å². The van der Waals surface area contributed by atoms with E-state index in [4.69, 9.17) is 4.43 Å². The van der Waals surface area contributed by atoms with Crippen molar-refractivity contribution < 1.29 is 4.43 Å². The summed E-state index contributed by atoms with van der Waals surface area (Å²) in [6.45, 7) is 22.7. The van der Waals surface area contributed by atoms with Crippen molar-refractivity contribution in [3.05, 3.63) is 0 Å². The lowest BCUT2D eigenvalue weighted by atomic mass is 9.44. The van der Waals surface area contributed by atoms with Gasteiger partial charge >= 0.3 is 0 Å². The van der Waals surface area contributed by atoms with E-state index >= 15 is 0 Å². The van der Waals surface area contributed by atoms with Crippen LogP contribution in [0.4, 0.5) is 0 Å². The highest BCUT2D eigenvalue weighted by Gasteiger charge is 2.63. The van der Waals surface area contributed by atoms with E-state index in [9.17, 15) is 0 Å². The molecule has 4 aliphatic carbocycles. The molecule has 4 rings (SSSR count). The maximum absolute atomic E-state index is 7.13. The van der Waals surface area contributed by atoms with Gasteiger partial charge in [0.15, 0.2) is 8.32 Å². The summed E-state index contributed by atoms with van der Waals surface area (Å²) < 4.78 is 7.13. The van der Waals surface area contributed by atoms with Gasteiger partial charge in [-0.15, -0.1) is 0 Å². The van der Waals surface area contributed by atoms with Gasteiger partial charge in [0.05, 0.1) is 0 Å². The van der Waals surface area contributed by atoms with E-state index in [1.807, 2.05) is 0 Å². The van der Waals surface area contributed by atoms with Crippen molar-refractivity contribution in [3.63, 3.8) is 0 Å². The molecule has 0 N–H and O–H groups in total. The van der Waals surface area contributed by atoms with Crippen LogP contribution < -0.4 is 0 Å². The van der Waals surface area contributed by atoms with E-state index in [2.05, 4.69) is 61.2 Å². The van der Waals surface area contributed by atoms with Crippen LogP contribution in [0.1, 0.15) is 112 Å². The normalized spacial score (nSPS) is 45.3. The SMILES string of the molecule is CC(C)[C@@H](C)CC[C@@H](C)[C@H]1C[C@H](O[Si](C)(C)C)[C@H]2[C@@H]3CC[C@H]4CCCC[C@]4(C)[C@H]3CC[C@@]21C. The third-order valence-electron chi connectivity index (χ3n) is 12.0. The molecule has 4 aliphatic rings. The minimum Gasteiger partial charge on any atom is -0.414 e. The van der Waals surface area contributed by atoms with E-state index in [0.29, 0.717) is 16.9 Å². The second kappa shape index (κ2) is 9.57. The number of hydrogen-bond donors (Lipinski definition) is 0. The molecule has 0 bridgehead atoms. The van der Waals surface area contributed by atoms with Gasteiger partial charge in [0, 0.05) is 6.10 Å². The molecule has 192 valence electrons. The van der Waals surface area contributed by atoms with Crippen molar-refractivity contribution in [1.29, 1.82) is 0 Å². The molecular weight excluding hydrogens is 416 g/mol. The van der Waals surface area contributed by atoms with Crippen LogP contribution in [0, 0.1) is 58.2 Å². The molecule has 0 aliphatic heterocycles. The fourth-order valence-corrected chi connectivity index (χ4v) is 11.0. The largest absolute Gasteiger partial charge is 0.414 e. The highest BCUT2D eigenvalue weighted by molar-refractivity contribution is 6.69. The van der Waals surface area contributed by atoms with E-state index in [-0.39, 0.29) is 0 Å². The van der Waals surface area contributed by atoms with Crippen LogP contribution >= 0.6 is 0 Å². The van der Waals surface area contributed by atoms with E-state index in [0.717, 1.165) is 47.3 Å². The Labute approximate surface area is 208 Å². The first-order valence-corrected chi connectivity index (χ1v) is 18.5. The summed E-state index contributed by atoms with van der Waals surface area (Å²) in [5, 5.41) is 0. The molecule has 0 amide bonds. The van der Waals surface area contributed by atoms with Crippen LogP contribution in [0.15, 0.2) is 0 Å². The molecule has 0 heterocycles. The predicted molar refractivity (Wildman–Crippen MR) is 146 cm³/mol. The molecule has 0 spiro atoms. The smallest absolute Gasteiger partial charge is 0.184 e. The summed E-state index contributed by atoms with van der Waals surface area (Å²) in [5.41, 5.74) is 1.13. The Morgan fingerprint density at radius 1 is 0.848 bits per heavy atom. The maximum Gasteiger partial charge on any atom is 0.184 e. The Morgan fingerprint density at radius 2 is 1.58 bits per heavy atom. The van der Waals surface area contributed by atoms with Crippen molar-refractivity contribution in [1.82, 2.24) is 0 Å². The lowest BCUT2D eigenvalue weighted by molar-refractivity contribution is -0.128. The van der Waals surface area contributed by atoms with Gasteiger partial charge in [0.25, 0.3) is 0 Å². The van der Waals surface area contributed by atoms with Crippen LogP contribution in [0.3, 0.4) is 0 Å². The lowest BCUT2D eigenvalue weighted by Crippen LogP contribution is -2.55. The minimum atomic E-state index is -1.56. The van der Waals surface area contributed by atoms with Gasteiger partial charge < -0.3 is 4.43 Å². The van der Waals surface area contributed by atoms with Crippen LogP contribution in [-0.4, -0.2) is 14.4 Å². The highest BCUT2D eigenvalue weighted by Crippen LogP contribution is 2.69. The summed E-state index contributed by atoms with van der Waals surface area (Å²) in [6, 6.07) is 0. The summed E-state index contributed by atoms with van der Waals surface area (Å²) in [7, 11) is -1.56. The second-order valence-corrected chi connectivity index (χ2v) is 19.7. The highest BCUT2D eigenvalue weighted by atomic mass is 28.4. The number of fused-ring (bicyclic) bond motifs is 5. The fourth-order valence-electron chi connectivity index (χ4n) is 9.89. The Morgan fingerprint density at radius 3 is 2.24 bits per heavy atom. The Kier molecular flexibility index (Phi) is 7.61. The molecule has 1 nitrogen and oxygen atoms in total. The molecular formula is C31H58OSi. The van der Waals surface area contributed by atoms with E-state index in [1.165, 1.54) is 70.6 Å². The van der Waals surface area contributed by atoms with Crippen molar-refractivity contribution in [2.45, 2.75) is 138 Å². The molecule has 0 aromatic heterocycles. The van der Waals surface area contributed by atoms with Crippen LogP contribution in [-0.2, 0) is 4.43 Å². The quantitative estimate of drug-likeness (QED) is 0.334. The molecule has 0 saturated heterocycles. The molecule has 4 fully saturated rings. The summed E-state index contributed by atoms with van der Waals surface area (Å²) in [4.78, 5) is 0. The molecule has 0 aromatic rings. The average Bonchev–Trinajstić information content (AvgIpc) is 3.02. The van der Waals surface area contributed by atoms with Gasteiger partial charge in [0.2, 0.25) is 0 Å². The Bertz CT molecular complexity index is 666. The van der Waals surface area contributed by atoms with Crippen molar-refractivity contribution in [2.75, 3.05) is 0 Å². The number of rotatable bonds is 7. The zero-order valence-corrected chi connectivity index (χ0v) is 24.9. The molecule has 0 aromatic carbocycles. The van der Waals surface area contributed by atoms with Gasteiger partial charge in [-0.3, -0.25) is 0 Å². The first-order chi connectivity index (χ1) is 15.4. The maximum atomic E-state index is 7.13. The summed E-state index contributed by atoms with van der Waals surface area (Å²) in [5.74, 6) is 7.10. The van der Waals surface area contributed by atoms with Gasteiger partial charge in [-0.1, -0.05) is 67.2 Å². The molecule has 0 unspecified atom stereocenters. The third-order valence-corrected chi connectivity index (χ3v) is 13.0. The zero-order chi connectivity index (χ0) is 24.2. The first-order valence-electron chi connectivity index (χ1n) is 15.0. The Hall–Kier alpha value is 0.177. The molecule has 0 radical (unpaired) electrons. The number of hydrogen-bond acceptors (Lipinski definition) is 1. The van der Waals surface area contributed by atoms with Crippen molar-refractivity contribution in [3.8, 4) is 0 Å². The lowest BCUT2D eigenvalue weighted by Gasteiger charge is -2.61. The first kappa shape index (κ1) is 26.2. The fraction of sp³-hybridized carbons (Fsp3) is 1.00. The molecule has 10 atom stereocenters. The van der Waals surface area contributed by atoms with Crippen molar-refractivity contribution >= 4 is 8.32 Å². The van der Waals surface area contributed by atoms with Crippen LogP contribution in [0.25, 0.3) is 0 Å². The van der Waals surface area contributed by atoms with Gasteiger partial charge in [0.1, 0.15) is 0 Å². The Balaban J connectivity index is 1.59. The van der Waals surface area contributed by atoms with E-state index < -0.39 is 8.32 Å². The predicted octanol–water partition coefficient (Wildman–Crippen LogP) is 9.57. The minimum absolute atomic E-state index is 0.504. The van der Waals surface area contributed by atoms with Crippen molar-refractivity contribution in [2.24, 2.45) is 58.2 Å². The standard InChI is InChI=1S/C31H58OSi/c1-21(2)22(3)13-14-23(4)27-20-28(32-33(7,8)9)29-25-16-15-24-12-10-11-18-30(24,5)26(25)17-19-31(27,29)6/h21-29H,10-20H2,1-9H3/t22-,23+,24+,25+,26-,27+,28-,29+,30-,31+/m0/s1.